The Hall–Kier alpha value is -2.41. The second-order valence-corrected chi connectivity index (χ2v) is 8.99. The normalized spacial score (nSPS) is 23.5. The van der Waals surface area contributed by atoms with E-state index in [1.165, 1.54) is 12.8 Å². The number of nitrogens with one attached hydrogen (secondary N) is 1. The first kappa shape index (κ1) is 19.5. The van der Waals surface area contributed by atoms with Crippen LogP contribution in [0.3, 0.4) is 0 Å². The van der Waals surface area contributed by atoms with E-state index in [0.29, 0.717) is 17.5 Å². The van der Waals surface area contributed by atoms with E-state index >= 15 is 0 Å². The number of carbonyl (C=O) groups excluding carboxylic acids is 1. The Morgan fingerprint density at radius 2 is 2.03 bits per heavy atom. The molecule has 1 spiro atoms. The van der Waals surface area contributed by atoms with Crippen LogP contribution < -0.4 is 4.74 Å². The van der Waals surface area contributed by atoms with Crippen molar-refractivity contribution in [1.29, 1.82) is 0 Å². The number of amides is 1. The molecule has 4 heterocycles. The first-order valence-corrected chi connectivity index (χ1v) is 11.2. The van der Waals surface area contributed by atoms with Gasteiger partial charge < -0.3 is 14.4 Å². The van der Waals surface area contributed by atoms with Crippen LogP contribution >= 0.6 is 0 Å². The summed E-state index contributed by atoms with van der Waals surface area (Å²) in [5.41, 5.74) is 1.59. The number of aromatic amines is 1. The minimum absolute atomic E-state index is 0.0473. The Morgan fingerprint density at radius 3 is 2.80 bits per heavy atom. The molecule has 2 aliphatic heterocycles. The topological polar surface area (TPSA) is 80.3 Å². The predicted molar refractivity (Wildman–Crippen MR) is 111 cm³/mol. The number of hydrogen-bond donors (Lipinski definition) is 1. The van der Waals surface area contributed by atoms with Crippen LogP contribution in [0.15, 0.2) is 30.6 Å². The summed E-state index contributed by atoms with van der Waals surface area (Å²) in [4.78, 5) is 18.8. The minimum atomic E-state index is -0.0822. The molecular formula is C23H30N4O3. The summed E-state index contributed by atoms with van der Waals surface area (Å²) in [5, 5.41) is 7.31. The van der Waals surface area contributed by atoms with E-state index in [-0.39, 0.29) is 11.5 Å². The summed E-state index contributed by atoms with van der Waals surface area (Å²) in [6.45, 7) is 3.01. The van der Waals surface area contributed by atoms with Gasteiger partial charge in [0.2, 0.25) is 0 Å². The molecular weight excluding hydrogens is 380 g/mol. The molecule has 1 saturated carbocycles. The van der Waals surface area contributed by atoms with Gasteiger partial charge in [-0.1, -0.05) is 0 Å². The van der Waals surface area contributed by atoms with Gasteiger partial charge in [-0.3, -0.25) is 14.9 Å². The molecule has 3 fully saturated rings. The first-order valence-electron chi connectivity index (χ1n) is 11.2. The number of piperidine rings is 1. The highest BCUT2D eigenvalue weighted by molar-refractivity contribution is 5.92. The van der Waals surface area contributed by atoms with Gasteiger partial charge in [-0.25, -0.2) is 0 Å². The summed E-state index contributed by atoms with van der Waals surface area (Å²) in [6, 6.07) is 5.73. The van der Waals surface area contributed by atoms with E-state index in [9.17, 15) is 4.79 Å². The van der Waals surface area contributed by atoms with Gasteiger partial charge in [-0.15, -0.1) is 0 Å². The Balaban J connectivity index is 1.11. The highest BCUT2D eigenvalue weighted by Gasteiger charge is 2.41. The molecule has 7 heteroatoms. The van der Waals surface area contributed by atoms with Crippen LogP contribution in [0, 0.1) is 5.92 Å². The molecule has 30 heavy (non-hydrogen) atoms. The molecule has 2 saturated heterocycles. The number of ether oxygens (including phenoxy) is 2. The van der Waals surface area contributed by atoms with E-state index < -0.39 is 0 Å². The molecule has 0 radical (unpaired) electrons. The highest BCUT2D eigenvalue weighted by atomic mass is 16.5. The molecule has 1 aliphatic carbocycles. The number of likely N-dealkylation sites (tertiary alicyclic amines) is 1. The fraction of sp³-hybridized carbons (Fsp3) is 0.609. The van der Waals surface area contributed by atoms with E-state index in [1.807, 2.05) is 23.1 Å². The molecule has 1 N–H and O–H groups in total. The van der Waals surface area contributed by atoms with Gasteiger partial charge >= 0.3 is 0 Å². The molecule has 1 amide bonds. The Morgan fingerprint density at radius 1 is 1.23 bits per heavy atom. The van der Waals surface area contributed by atoms with Crippen LogP contribution in [-0.2, 0) is 4.74 Å². The van der Waals surface area contributed by atoms with E-state index in [4.69, 9.17) is 9.47 Å². The molecule has 7 nitrogen and oxygen atoms in total. The lowest BCUT2D eigenvalue weighted by Gasteiger charge is -2.46. The molecule has 1 atom stereocenters. The molecule has 0 bridgehead atoms. The SMILES string of the molecule is O=C(c1cc(C2CC2)[nH]n1)N1CCC2(CC1)CC(CCOc1ccncc1)CCO2. The number of hydrogen-bond acceptors (Lipinski definition) is 5. The van der Waals surface area contributed by atoms with Gasteiger partial charge in [0.15, 0.2) is 0 Å². The average molecular weight is 411 g/mol. The third-order valence-corrected chi connectivity index (χ3v) is 6.84. The summed E-state index contributed by atoms with van der Waals surface area (Å²) in [5.74, 6) is 2.11. The third kappa shape index (κ3) is 4.36. The van der Waals surface area contributed by atoms with Gasteiger partial charge in [-0.05, 0) is 69.1 Å². The van der Waals surface area contributed by atoms with Crippen molar-refractivity contribution in [3.05, 3.63) is 42.0 Å². The van der Waals surface area contributed by atoms with Crippen LogP contribution in [0.4, 0.5) is 0 Å². The number of pyridine rings is 1. The summed E-state index contributed by atoms with van der Waals surface area (Å²) < 4.78 is 12.1. The molecule has 160 valence electrons. The molecule has 2 aromatic rings. The minimum Gasteiger partial charge on any atom is -0.493 e. The lowest BCUT2D eigenvalue weighted by molar-refractivity contribution is -0.125. The molecule has 0 aromatic carbocycles. The molecule has 2 aromatic heterocycles. The van der Waals surface area contributed by atoms with Crippen molar-refractivity contribution < 1.29 is 14.3 Å². The van der Waals surface area contributed by atoms with E-state index in [0.717, 1.165) is 69.9 Å². The van der Waals surface area contributed by atoms with Crippen molar-refractivity contribution in [2.24, 2.45) is 5.92 Å². The van der Waals surface area contributed by atoms with Crippen molar-refractivity contribution in [2.45, 2.75) is 56.5 Å². The van der Waals surface area contributed by atoms with Crippen LogP contribution in [0.25, 0.3) is 0 Å². The van der Waals surface area contributed by atoms with E-state index in [2.05, 4.69) is 15.2 Å². The van der Waals surface area contributed by atoms with E-state index in [1.54, 1.807) is 12.4 Å². The fourth-order valence-corrected chi connectivity index (χ4v) is 4.83. The molecule has 1 unspecified atom stereocenters. The van der Waals surface area contributed by atoms with Crippen LogP contribution in [0.1, 0.15) is 67.0 Å². The van der Waals surface area contributed by atoms with Crippen molar-refractivity contribution in [1.82, 2.24) is 20.1 Å². The lowest BCUT2D eigenvalue weighted by atomic mass is 9.78. The highest BCUT2D eigenvalue weighted by Crippen LogP contribution is 2.40. The number of nitrogens with zero attached hydrogens (tertiary/aromatic N) is 3. The zero-order valence-electron chi connectivity index (χ0n) is 17.4. The average Bonchev–Trinajstić information content (AvgIpc) is 3.51. The third-order valence-electron chi connectivity index (χ3n) is 6.84. The fourth-order valence-electron chi connectivity index (χ4n) is 4.83. The zero-order valence-corrected chi connectivity index (χ0v) is 17.4. The number of carbonyl (C=O) groups is 1. The first-order chi connectivity index (χ1) is 14.7. The van der Waals surface area contributed by atoms with Crippen molar-refractivity contribution in [3.63, 3.8) is 0 Å². The Kier molecular flexibility index (Phi) is 5.46. The zero-order chi connectivity index (χ0) is 20.4. The van der Waals surface area contributed by atoms with Gasteiger partial charge in [-0.2, -0.15) is 5.10 Å². The van der Waals surface area contributed by atoms with Crippen LogP contribution in [-0.4, -0.2) is 57.9 Å². The quantitative estimate of drug-likeness (QED) is 0.788. The lowest BCUT2D eigenvalue weighted by Crippen LogP contribution is -2.51. The van der Waals surface area contributed by atoms with Crippen molar-refractivity contribution in [3.8, 4) is 5.75 Å². The maximum atomic E-state index is 12.8. The summed E-state index contributed by atoms with van der Waals surface area (Å²) >= 11 is 0. The number of aromatic nitrogens is 3. The van der Waals surface area contributed by atoms with Gasteiger partial charge in [0.25, 0.3) is 5.91 Å². The summed E-state index contributed by atoms with van der Waals surface area (Å²) in [6.07, 6.45) is 10.9. The van der Waals surface area contributed by atoms with Crippen LogP contribution in [0.2, 0.25) is 0 Å². The van der Waals surface area contributed by atoms with Crippen molar-refractivity contribution in [2.75, 3.05) is 26.3 Å². The Bertz CT molecular complexity index is 856. The second-order valence-electron chi connectivity index (χ2n) is 8.99. The largest absolute Gasteiger partial charge is 0.493 e. The second kappa shape index (κ2) is 8.38. The molecule has 3 aliphatic rings. The Labute approximate surface area is 177 Å². The van der Waals surface area contributed by atoms with Crippen molar-refractivity contribution >= 4 is 5.91 Å². The summed E-state index contributed by atoms with van der Waals surface area (Å²) in [7, 11) is 0. The number of H-pyrrole nitrogens is 1. The predicted octanol–water partition coefficient (Wildman–Crippen LogP) is 3.55. The monoisotopic (exact) mass is 410 g/mol. The smallest absolute Gasteiger partial charge is 0.274 e. The van der Waals surface area contributed by atoms with Gasteiger partial charge in [0, 0.05) is 43.7 Å². The maximum Gasteiger partial charge on any atom is 0.274 e. The van der Waals surface area contributed by atoms with Gasteiger partial charge in [0.1, 0.15) is 11.4 Å². The number of rotatable bonds is 6. The van der Waals surface area contributed by atoms with Gasteiger partial charge in [0.05, 0.1) is 12.2 Å². The maximum absolute atomic E-state index is 12.8. The molecule has 5 rings (SSSR count). The van der Waals surface area contributed by atoms with Crippen LogP contribution in [0.5, 0.6) is 5.75 Å². The standard InChI is InChI=1S/C23H30N4O3/c28-22(21-15-20(25-26-21)18-1-2-18)27-11-7-23(8-12-27)16-17(6-14-30-23)5-13-29-19-3-9-24-10-4-19/h3-4,9-10,15,17-18H,1-2,5-8,11-14,16H2,(H,25,26).